The van der Waals surface area contributed by atoms with E-state index >= 15 is 0 Å². The molecular formula is C15H30N2. The number of nitrogens with one attached hydrogen (secondary N) is 1. The molecular weight excluding hydrogens is 208 g/mol. The van der Waals surface area contributed by atoms with Gasteiger partial charge in [0.25, 0.3) is 0 Å². The van der Waals surface area contributed by atoms with Crippen molar-refractivity contribution >= 4 is 0 Å². The van der Waals surface area contributed by atoms with Crippen LogP contribution in [-0.2, 0) is 0 Å². The molecule has 0 spiro atoms. The average molecular weight is 238 g/mol. The van der Waals surface area contributed by atoms with Crippen LogP contribution in [0.2, 0.25) is 0 Å². The van der Waals surface area contributed by atoms with Gasteiger partial charge in [0.2, 0.25) is 0 Å². The average Bonchev–Trinajstić information content (AvgIpc) is 3.19. The van der Waals surface area contributed by atoms with Gasteiger partial charge < -0.3 is 5.32 Å². The molecule has 2 heteroatoms. The molecule has 1 N–H and O–H groups in total. The van der Waals surface area contributed by atoms with Crippen molar-refractivity contribution in [3.63, 3.8) is 0 Å². The molecule has 0 aromatic carbocycles. The monoisotopic (exact) mass is 238 g/mol. The number of rotatable bonds is 10. The predicted molar refractivity (Wildman–Crippen MR) is 74.3 cm³/mol. The lowest BCUT2D eigenvalue weighted by Gasteiger charge is -2.31. The molecule has 0 heterocycles. The Hall–Kier alpha value is -0.0800. The molecule has 17 heavy (non-hydrogen) atoms. The Labute approximate surface area is 107 Å². The molecule has 0 aromatic rings. The Bertz CT molecular complexity index is 195. The second-order valence-electron chi connectivity index (χ2n) is 6.11. The van der Waals surface area contributed by atoms with Crippen molar-refractivity contribution < 1.29 is 0 Å². The molecule has 2 nitrogen and oxygen atoms in total. The van der Waals surface area contributed by atoms with Crippen molar-refractivity contribution in [2.45, 2.75) is 58.4 Å². The quantitative estimate of drug-likeness (QED) is 0.589. The fraction of sp³-hybridized carbons (Fsp3) is 1.00. The minimum atomic E-state index is 0.780. The molecule has 1 unspecified atom stereocenters. The molecule has 2 fully saturated rings. The van der Waals surface area contributed by atoms with Gasteiger partial charge in [0, 0.05) is 25.7 Å². The molecule has 2 aliphatic carbocycles. The zero-order chi connectivity index (χ0) is 12.1. The summed E-state index contributed by atoms with van der Waals surface area (Å²) >= 11 is 0. The Morgan fingerprint density at radius 1 is 1.06 bits per heavy atom. The van der Waals surface area contributed by atoms with E-state index in [9.17, 15) is 0 Å². The van der Waals surface area contributed by atoms with Crippen LogP contribution in [0.25, 0.3) is 0 Å². The van der Waals surface area contributed by atoms with Gasteiger partial charge in [-0.1, -0.05) is 13.8 Å². The van der Waals surface area contributed by atoms with Crippen molar-refractivity contribution in [1.29, 1.82) is 0 Å². The first-order valence-electron chi connectivity index (χ1n) is 7.78. The highest BCUT2D eigenvalue weighted by Crippen LogP contribution is 2.34. The third kappa shape index (κ3) is 4.97. The fourth-order valence-electron chi connectivity index (χ4n) is 2.61. The maximum atomic E-state index is 3.61. The largest absolute Gasteiger partial charge is 0.315 e. The van der Waals surface area contributed by atoms with Crippen LogP contribution >= 0.6 is 0 Å². The van der Waals surface area contributed by atoms with E-state index in [-0.39, 0.29) is 0 Å². The van der Waals surface area contributed by atoms with Crippen LogP contribution < -0.4 is 5.32 Å². The van der Waals surface area contributed by atoms with Gasteiger partial charge in [-0.15, -0.1) is 0 Å². The van der Waals surface area contributed by atoms with Gasteiger partial charge in [0.15, 0.2) is 0 Å². The molecule has 1 atom stereocenters. The summed E-state index contributed by atoms with van der Waals surface area (Å²) in [7, 11) is 0. The summed E-state index contributed by atoms with van der Waals surface area (Å²) in [5, 5.41) is 3.61. The van der Waals surface area contributed by atoms with Gasteiger partial charge in [-0.25, -0.2) is 0 Å². The lowest BCUT2D eigenvalue weighted by molar-refractivity contribution is 0.171. The van der Waals surface area contributed by atoms with E-state index in [4.69, 9.17) is 0 Å². The van der Waals surface area contributed by atoms with Crippen molar-refractivity contribution in [2.75, 3.05) is 26.2 Å². The van der Waals surface area contributed by atoms with Crippen molar-refractivity contribution in [2.24, 2.45) is 11.8 Å². The molecule has 2 saturated carbocycles. The van der Waals surface area contributed by atoms with Crippen molar-refractivity contribution in [3.05, 3.63) is 0 Å². The van der Waals surface area contributed by atoms with Crippen LogP contribution in [0.5, 0.6) is 0 Å². The van der Waals surface area contributed by atoms with Gasteiger partial charge in [0.05, 0.1) is 0 Å². The Balaban J connectivity index is 1.76. The third-order valence-corrected chi connectivity index (χ3v) is 4.17. The molecule has 0 saturated heterocycles. The summed E-state index contributed by atoms with van der Waals surface area (Å²) in [5.74, 6) is 2.07. The van der Waals surface area contributed by atoms with Crippen molar-refractivity contribution in [1.82, 2.24) is 10.2 Å². The molecule has 100 valence electrons. The normalized spacial score (nSPS) is 22.1. The second kappa shape index (κ2) is 6.75. The lowest BCUT2D eigenvalue weighted by atomic mass is 10.1. The fourth-order valence-corrected chi connectivity index (χ4v) is 2.61. The number of nitrogens with zero attached hydrogens (tertiary/aromatic N) is 1. The van der Waals surface area contributed by atoms with Crippen LogP contribution in [0, 0.1) is 11.8 Å². The zero-order valence-corrected chi connectivity index (χ0v) is 11.8. The smallest absolute Gasteiger partial charge is 0.0218 e. The van der Waals surface area contributed by atoms with Gasteiger partial charge in [-0.2, -0.15) is 0 Å². The topological polar surface area (TPSA) is 15.3 Å². The van der Waals surface area contributed by atoms with E-state index in [2.05, 4.69) is 24.1 Å². The first kappa shape index (κ1) is 13.4. The zero-order valence-electron chi connectivity index (χ0n) is 11.8. The molecule has 0 aliphatic heterocycles. The van der Waals surface area contributed by atoms with E-state index in [1.807, 2.05) is 0 Å². The summed E-state index contributed by atoms with van der Waals surface area (Å²) < 4.78 is 0. The first-order chi connectivity index (χ1) is 8.33. The van der Waals surface area contributed by atoms with Crippen LogP contribution in [0.4, 0.5) is 0 Å². The van der Waals surface area contributed by atoms with Gasteiger partial charge in [0.1, 0.15) is 0 Å². The third-order valence-electron chi connectivity index (χ3n) is 4.17. The number of hydrogen-bond donors (Lipinski definition) is 1. The molecule has 0 bridgehead atoms. The Kier molecular flexibility index (Phi) is 5.30. The van der Waals surface area contributed by atoms with Crippen LogP contribution in [0.3, 0.4) is 0 Å². The van der Waals surface area contributed by atoms with E-state index in [0.717, 1.165) is 17.9 Å². The SMILES string of the molecule is CCCNCC(CC)N(CC1CC1)CC1CC1. The highest BCUT2D eigenvalue weighted by Gasteiger charge is 2.31. The predicted octanol–water partition coefficient (Wildman–Crippen LogP) is 2.89. The van der Waals surface area contributed by atoms with Crippen LogP contribution in [0.1, 0.15) is 52.4 Å². The molecule has 2 aliphatic rings. The van der Waals surface area contributed by atoms with Gasteiger partial charge in [-0.05, 0) is 56.9 Å². The van der Waals surface area contributed by atoms with Gasteiger partial charge in [-0.3, -0.25) is 4.90 Å². The minimum absolute atomic E-state index is 0.780. The summed E-state index contributed by atoms with van der Waals surface area (Å²) in [6.45, 7) is 9.73. The number of hydrogen-bond acceptors (Lipinski definition) is 2. The van der Waals surface area contributed by atoms with Crippen LogP contribution in [-0.4, -0.2) is 37.1 Å². The summed E-state index contributed by atoms with van der Waals surface area (Å²) in [4.78, 5) is 2.80. The summed E-state index contributed by atoms with van der Waals surface area (Å²) in [6.07, 6.45) is 8.50. The summed E-state index contributed by atoms with van der Waals surface area (Å²) in [6, 6.07) is 0.780. The molecule has 0 amide bonds. The van der Waals surface area contributed by atoms with E-state index < -0.39 is 0 Å². The first-order valence-corrected chi connectivity index (χ1v) is 7.78. The second-order valence-corrected chi connectivity index (χ2v) is 6.11. The maximum Gasteiger partial charge on any atom is 0.0218 e. The van der Waals surface area contributed by atoms with E-state index in [1.165, 1.54) is 64.7 Å². The minimum Gasteiger partial charge on any atom is -0.315 e. The Morgan fingerprint density at radius 2 is 1.65 bits per heavy atom. The highest BCUT2D eigenvalue weighted by atomic mass is 15.2. The molecule has 0 radical (unpaired) electrons. The van der Waals surface area contributed by atoms with Crippen LogP contribution in [0.15, 0.2) is 0 Å². The summed E-state index contributed by atoms with van der Waals surface area (Å²) in [5.41, 5.74) is 0. The standard InChI is InChI=1S/C15H30N2/c1-3-9-16-10-15(4-2)17(11-13-5-6-13)12-14-7-8-14/h13-16H,3-12H2,1-2H3. The Morgan fingerprint density at radius 3 is 2.06 bits per heavy atom. The van der Waals surface area contributed by atoms with Gasteiger partial charge >= 0.3 is 0 Å². The van der Waals surface area contributed by atoms with Crippen molar-refractivity contribution in [3.8, 4) is 0 Å². The maximum absolute atomic E-state index is 3.61. The lowest BCUT2D eigenvalue weighted by Crippen LogP contribution is -2.44. The molecule has 0 aromatic heterocycles. The highest BCUT2D eigenvalue weighted by molar-refractivity contribution is 4.86. The molecule has 2 rings (SSSR count). The van der Waals surface area contributed by atoms with E-state index in [0.29, 0.717) is 0 Å². The van der Waals surface area contributed by atoms with E-state index in [1.54, 1.807) is 0 Å².